The lowest BCUT2D eigenvalue weighted by Crippen LogP contribution is -2.50. The van der Waals surface area contributed by atoms with Crippen molar-refractivity contribution in [2.24, 2.45) is 5.92 Å². The van der Waals surface area contributed by atoms with Gasteiger partial charge in [-0.15, -0.1) is 0 Å². The minimum absolute atomic E-state index is 0.0966. The molecule has 222 valence electrons. The van der Waals surface area contributed by atoms with E-state index in [1.165, 1.54) is 6.26 Å². The molecular weight excluding hydrogens is 538 g/mol. The highest BCUT2D eigenvalue weighted by molar-refractivity contribution is 5.92. The van der Waals surface area contributed by atoms with Gasteiger partial charge in [0, 0.05) is 29.2 Å². The SMILES string of the molecule is CC(C)CC(NC(=O)O)C(=O)NC(CO)CCc1ccccc1-c1nc(C(=O)NCCc2c[nH]c3ccccc23)co1. The number of benzene rings is 2. The van der Waals surface area contributed by atoms with E-state index in [1.807, 2.05) is 68.6 Å². The Balaban J connectivity index is 1.35. The fourth-order valence-corrected chi connectivity index (χ4v) is 4.88. The largest absolute Gasteiger partial charge is 0.465 e. The zero-order valence-corrected chi connectivity index (χ0v) is 23.7. The lowest BCUT2D eigenvalue weighted by atomic mass is 9.99. The van der Waals surface area contributed by atoms with Gasteiger partial charge in [-0.25, -0.2) is 9.78 Å². The normalized spacial score (nSPS) is 12.7. The number of para-hydroxylation sites is 1. The van der Waals surface area contributed by atoms with E-state index >= 15 is 0 Å². The summed E-state index contributed by atoms with van der Waals surface area (Å²) in [5, 5.41) is 28.0. The summed E-state index contributed by atoms with van der Waals surface area (Å²) in [4.78, 5) is 44.3. The summed E-state index contributed by atoms with van der Waals surface area (Å²) in [5.41, 5.74) is 3.90. The molecule has 6 N–H and O–H groups in total. The Morgan fingerprint density at radius 2 is 1.76 bits per heavy atom. The van der Waals surface area contributed by atoms with Gasteiger partial charge in [-0.1, -0.05) is 50.2 Å². The molecular formula is C31H37N5O6. The monoisotopic (exact) mass is 575 g/mol. The van der Waals surface area contributed by atoms with E-state index < -0.39 is 24.1 Å². The number of rotatable bonds is 14. The summed E-state index contributed by atoms with van der Waals surface area (Å²) in [7, 11) is 0. The lowest BCUT2D eigenvalue weighted by Gasteiger charge is -2.23. The zero-order valence-electron chi connectivity index (χ0n) is 23.7. The van der Waals surface area contributed by atoms with Crippen molar-refractivity contribution in [3.8, 4) is 11.5 Å². The second kappa shape index (κ2) is 14.3. The van der Waals surface area contributed by atoms with E-state index in [0.717, 1.165) is 22.0 Å². The molecule has 2 aromatic heterocycles. The molecule has 0 bridgehead atoms. The van der Waals surface area contributed by atoms with Crippen LogP contribution in [0.5, 0.6) is 0 Å². The third-order valence-corrected chi connectivity index (χ3v) is 6.99. The summed E-state index contributed by atoms with van der Waals surface area (Å²) in [6, 6.07) is 13.9. The molecule has 0 fully saturated rings. The van der Waals surface area contributed by atoms with Gasteiger partial charge in [0.05, 0.1) is 12.6 Å². The summed E-state index contributed by atoms with van der Waals surface area (Å²) in [5.74, 6) is -0.429. The number of nitrogens with one attached hydrogen (secondary N) is 4. The number of hydrogen-bond donors (Lipinski definition) is 6. The molecule has 2 aromatic carbocycles. The number of nitrogens with zero attached hydrogens (tertiary/aromatic N) is 1. The van der Waals surface area contributed by atoms with Gasteiger partial charge in [0.2, 0.25) is 11.8 Å². The number of aromatic nitrogens is 2. The molecule has 0 saturated heterocycles. The molecule has 0 saturated carbocycles. The Bertz CT molecular complexity index is 1510. The predicted octanol–water partition coefficient (Wildman–Crippen LogP) is 3.89. The number of aliphatic hydroxyl groups excluding tert-OH is 1. The first-order chi connectivity index (χ1) is 20.2. The van der Waals surface area contributed by atoms with Crippen molar-refractivity contribution in [2.45, 2.75) is 51.6 Å². The molecule has 2 unspecified atom stereocenters. The number of fused-ring (bicyclic) bond motifs is 1. The predicted molar refractivity (Wildman–Crippen MR) is 158 cm³/mol. The average Bonchev–Trinajstić information content (AvgIpc) is 3.62. The fraction of sp³-hybridized carbons (Fsp3) is 0.355. The number of aromatic amines is 1. The smallest absolute Gasteiger partial charge is 0.405 e. The molecule has 3 amide bonds. The number of carbonyl (C=O) groups is 3. The quantitative estimate of drug-likeness (QED) is 0.132. The standard InChI is InChI=1S/C31H37N5O6/c1-19(2)15-26(36-31(40)41)29(39)34-22(17-37)12-11-20-7-3-4-9-24(20)30-35-27(18-42-30)28(38)32-14-13-21-16-33-25-10-6-5-8-23(21)25/h3-10,16,18-19,22,26,33,36-37H,11-15,17H2,1-2H3,(H,32,38)(H,34,39)(H,40,41). The molecule has 2 heterocycles. The number of oxazole rings is 1. The Morgan fingerprint density at radius 3 is 2.52 bits per heavy atom. The van der Waals surface area contributed by atoms with Crippen molar-refractivity contribution >= 4 is 28.8 Å². The fourth-order valence-electron chi connectivity index (χ4n) is 4.88. The number of aliphatic hydroxyl groups is 1. The lowest BCUT2D eigenvalue weighted by molar-refractivity contribution is -0.124. The van der Waals surface area contributed by atoms with Crippen molar-refractivity contribution < 1.29 is 29.0 Å². The first kappa shape index (κ1) is 30.3. The van der Waals surface area contributed by atoms with Crippen molar-refractivity contribution in [3.05, 3.63) is 77.8 Å². The van der Waals surface area contributed by atoms with E-state index in [0.29, 0.717) is 43.7 Å². The number of hydrogen-bond acceptors (Lipinski definition) is 6. The zero-order chi connectivity index (χ0) is 30.1. The molecule has 0 aliphatic heterocycles. The van der Waals surface area contributed by atoms with E-state index in [1.54, 1.807) is 0 Å². The van der Waals surface area contributed by atoms with Crippen LogP contribution >= 0.6 is 0 Å². The highest BCUT2D eigenvalue weighted by atomic mass is 16.4. The average molecular weight is 576 g/mol. The van der Waals surface area contributed by atoms with Crippen LogP contribution in [0.3, 0.4) is 0 Å². The highest BCUT2D eigenvalue weighted by Crippen LogP contribution is 2.25. The third-order valence-electron chi connectivity index (χ3n) is 6.99. The number of aryl methyl sites for hydroxylation is 1. The van der Waals surface area contributed by atoms with E-state index in [-0.39, 0.29) is 24.1 Å². The summed E-state index contributed by atoms with van der Waals surface area (Å²) >= 11 is 0. The van der Waals surface area contributed by atoms with Crippen LogP contribution in [0, 0.1) is 5.92 Å². The Labute approximate surface area is 243 Å². The summed E-state index contributed by atoms with van der Waals surface area (Å²) < 4.78 is 5.67. The number of amides is 3. The first-order valence-corrected chi connectivity index (χ1v) is 14.0. The van der Waals surface area contributed by atoms with E-state index in [9.17, 15) is 19.5 Å². The molecule has 11 heteroatoms. The Kier molecular flexibility index (Phi) is 10.3. The van der Waals surface area contributed by atoms with Crippen LogP contribution in [0.2, 0.25) is 0 Å². The molecule has 0 aliphatic carbocycles. The van der Waals surface area contributed by atoms with Crippen molar-refractivity contribution in [1.29, 1.82) is 0 Å². The minimum Gasteiger partial charge on any atom is -0.465 e. The Hall–Kier alpha value is -4.64. The van der Waals surface area contributed by atoms with Crippen molar-refractivity contribution in [2.75, 3.05) is 13.2 Å². The minimum atomic E-state index is -1.28. The van der Waals surface area contributed by atoms with Crippen LogP contribution < -0.4 is 16.0 Å². The van der Waals surface area contributed by atoms with E-state index in [4.69, 9.17) is 9.52 Å². The van der Waals surface area contributed by atoms with Gasteiger partial charge in [0.1, 0.15) is 12.3 Å². The molecule has 0 spiro atoms. The maximum absolute atomic E-state index is 12.8. The van der Waals surface area contributed by atoms with Gasteiger partial charge in [-0.3, -0.25) is 9.59 Å². The van der Waals surface area contributed by atoms with Gasteiger partial charge in [0.15, 0.2) is 5.69 Å². The summed E-state index contributed by atoms with van der Waals surface area (Å²) in [6.07, 6.45) is 3.86. The van der Waals surface area contributed by atoms with Crippen molar-refractivity contribution in [3.63, 3.8) is 0 Å². The summed E-state index contributed by atoms with van der Waals surface area (Å²) in [6.45, 7) is 3.92. The molecule has 0 radical (unpaired) electrons. The topological polar surface area (TPSA) is 170 Å². The molecule has 2 atom stereocenters. The van der Waals surface area contributed by atoms with Crippen LogP contribution in [-0.4, -0.2) is 63.3 Å². The second-order valence-electron chi connectivity index (χ2n) is 10.6. The van der Waals surface area contributed by atoms with Gasteiger partial charge in [-0.05, 0) is 54.9 Å². The molecule has 4 rings (SSSR count). The van der Waals surface area contributed by atoms with E-state index in [2.05, 4.69) is 25.9 Å². The van der Waals surface area contributed by atoms with Crippen LogP contribution in [0.15, 0.2) is 65.4 Å². The highest BCUT2D eigenvalue weighted by Gasteiger charge is 2.24. The third kappa shape index (κ3) is 7.97. The van der Waals surface area contributed by atoms with Crippen molar-refractivity contribution in [1.82, 2.24) is 25.9 Å². The maximum Gasteiger partial charge on any atom is 0.405 e. The van der Waals surface area contributed by atoms with Crippen LogP contribution in [0.1, 0.15) is 48.3 Å². The maximum atomic E-state index is 12.8. The number of H-pyrrole nitrogens is 1. The van der Waals surface area contributed by atoms with Crippen LogP contribution in [0.4, 0.5) is 4.79 Å². The molecule has 0 aliphatic rings. The first-order valence-electron chi connectivity index (χ1n) is 14.0. The molecule has 4 aromatic rings. The van der Waals surface area contributed by atoms with Gasteiger partial charge in [0.25, 0.3) is 5.91 Å². The number of carboxylic acid groups (broad SMARTS) is 1. The van der Waals surface area contributed by atoms with Crippen LogP contribution in [-0.2, 0) is 17.6 Å². The van der Waals surface area contributed by atoms with Gasteiger partial charge >= 0.3 is 6.09 Å². The number of carbonyl (C=O) groups excluding carboxylic acids is 2. The molecule has 11 nitrogen and oxygen atoms in total. The van der Waals surface area contributed by atoms with Gasteiger partial charge in [-0.2, -0.15) is 0 Å². The molecule has 42 heavy (non-hydrogen) atoms. The van der Waals surface area contributed by atoms with Gasteiger partial charge < -0.3 is 35.6 Å². The Morgan fingerprint density at radius 1 is 1.00 bits per heavy atom. The second-order valence-corrected chi connectivity index (χ2v) is 10.6. The van der Waals surface area contributed by atoms with Crippen LogP contribution in [0.25, 0.3) is 22.4 Å².